The molecule has 2 amide bonds. The minimum Gasteiger partial charge on any atom is -0.339 e. The van der Waals surface area contributed by atoms with Gasteiger partial charge in [0.1, 0.15) is 6.04 Å². The van der Waals surface area contributed by atoms with Crippen molar-refractivity contribution in [2.24, 2.45) is 5.92 Å². The average molecular weight is 405 g/mol. The van der Waals surface area contributed by atoms with E-state index in [9.17, 15) is 22.8 Å². The monoisotopic (exact) mass is 404 g/mol. The maximum absolute atomic E-state index is 12.9. The second kappa shape index (κ2) is 8.09. The Morgan fingerprint density at radius 1 is 1.19 bits per heavy atom. The number of rotatable bonds is 5. The van der Waals surface area contributed by atoms with E-state index < -0.39 is 34.6 Å². The molecule has 1 aromatic heterocycles. The van der Waals surface area contributed by atoms with Crippen molar-refractivity contribution >= 4 is 40.4 Å². The van der Waals surface area contributed by atoms with Crippen molar-refractivity contribution in [3.05, 3.63) is 51.2 Å². The lowest BCUT2D eigenvalue weighted by atomic mass is 10.0. The first kappa shape index (κ1) is 20.3. The molecule has 2 aromatic rings. The van der Waals surface area contributed by atoms with Crippen LogP contribution >= 0.6 is 22.9 Å². The zero-order chi connectivity index (χ0) is 19.5. The van der Waals surface area contributed by atoms with Gasteiger partial charge in [-0.25, -0.2) is 0 Å². The molecule has 1 heterocycles. The molecule has 0 unspecified atom stereocenters. The van der Waals surface area contributed by atoms with Crippen molar-refractivity contribution < 1.29 is 22.8 Å². The number of carbonyl (C=O) groups excluding carboxylic acids is 2. The lowest BCUT2D eigenvalue weighted by Gasteiger charge is -2.22. The molecule has 26 heavy (non-hydrogen) atoms. The number of anilines is 1. The molecule has 2 rings (SSSR count). The van der Waals surface area contributed by atoms with Crippen molar-refractivity contribution in [2.45, 2.75) is 26.1 Å². The summed E-state index contributed by atoms with van der Waals surface area (Å²) in [5.41, 5.74) is -1.09. The maximum Gasteiger partial charge on any atom is 0.417 e. The molecule has 0 radical (unpaired) electrons. The van der Waals surface area contributed by atoms with Gasteiger partial charge in [-0.2, -0.15) is 13.2 Å². The molecule has 9 heteroatoms. The van der Waals surface area contributed by atoms with Gasteiger partial charge in [0.25, 0.3) is 5.91 Å². The summed E-state index contributed by atoms with van der Waals surface area (Å²) >= 11 is 6.79. The fraction of sp³-hybridized carbons (Fsp3) is 0.294. The number of carbonyl (C=O) groups is 2. The standard InChI is InChI=1S/C17H16ClF3N2O2S/c1-9(2)14(23-15(24)13-4-3-7-26-13)16(25)22-10-5-6-12(18)11(8-10)17(19,20)21/h3-9,14H,1-2H3,(H,22,25)(H,23,24)/t14-/m0/s1. The summed E-state index contributed by atoms with van der Waals surface area (Å²) in [6.45, 7) is 3.45. The number of benzene rings is 1. The normalized spacial score (nSPS) is 12.7. The van der Waals surface area contributed by atoms with Crippen LogP contribution in [0, 0.1) is 5.92 Å². The van der Waals surface area contributed by atoms with Crippen molar-refractivity contribution in [3.63, 3.8) is 0 Å². The third-order valence-electron chi connectivity index (χ3n) is 3.52. The first-order valence-electron chi connectivity index (χ1n) is 7.61. The molecule has 0 bridgehead atoms. The SMILES string of the molecule is CC(C)[C@H](NC(=O)c1cccs1)C(=O)Nc1ccc(Cl)c(C(F)(F)F)c1. The van der Waals surface area contributed by atoms with Crippen LogP contribution in [0.25, 0.3) is 0 Å². The quantitative estimate of drug-likeness (QED) is 0.751. The average Bonchev–Trinajstić information content (AvgIpc) is 3.07. The van der Waals surface area contributed by atoms with Crippen LogP contribution in [-0.4, -0.2) is 17.9 Å². The van der Waals surface area contributed by atoms with E-state index in [2.05, 4.69) is 10.6 Å². The van der Waals surface area contributed by atoms with E-state index in [1.54, 1.807) is 31.4 Å². The molecular formula is C17H16ClF3N2O2S. The van der Waals surface area contributed by atoms with Gasteiger partial charge in [0.05, 0.1) is 15.5 Å². The van der Waals surface area contributed by atoms with E-state index in [0.29, 0.717) is 4.88 Å². The molecule has 0 saturated heterocycles. The Kier molecular flexibility index (Phi) is 6.30. The summed E-state index contributed by atoms with van der Waals surface area (Å²) in [4.78, 5) is 25.1. The molecule has 0 fully saturated rings. The smallest absolute Gasteiger partial charge is 0.339 e. The molecule has 0 spiro atoms. The zero-order valence-electron chi connectivity index (χ0n) is 13.9. The van der Waals surface area contributed by atoms with Crippen LogP contribution < -0.4 is 10.6 Å². The van der Waals surface area contributed by atoms with Gasteiger partial charge in [-0.3, -0.25) is 9.59 Å². The topological polar surface area (TPSA) is 58.2 Å². The summed E-state index contributed by atoms with van der Waals surface area (Å²) in [6, 6.07) is 5.51. The predicted octanol–water partition coefficient (Wildman–Crippen LogP) is 4.81. The van der Waals surface area contributed by atoms with Gasteiger partial charge in [-0.05, 0) is 35.6 Å². The number of nitrogens with one attached hydrogen (secondary N) is 2. The second-order valence-corrected chi connectivity index (χ2v) is 7.21. The highest BCUT2D eigenvalue weighted by molar-refractivity contribution is 7.12. The third kappa shape index (κ3) is 4.98. The summed E-state index contributed by atoms with van der Waals surface area (Å²) in [5, 5.41) is 6.28. The molecular weight excluding hydrogens is 389 g/mol. The number of alkyl halides is 3. The highest BCUT2D eigenvalue weighted by Crippen LogP contribution is 2.36. The maximum atomic E-state index is 12.9. The first-order chi connectivity index (χ1) is 12.1. The molecule has 1 atom stereocenters. The van der Waals surface area contributed by atoms with E-state index in [4.69, 9.17) is 11.6 Å². The molecule has 0 aliphatic carbocycles. The van der Waals surface area contributed by atoms with Gasteiger partial charge in [0, 0.05) is 5.69 Å². The molecule has 140 valence electrons. The molecule has 0 aliphatic rings. The Balaban J connectivity index is 2.16. The molecule has 0 saturated carbocycles. The molecule has 2 N–H and O–H groups in total. The first-order valence-corrected chi connectivity index (χ1v) is 8.87. The predicted molar refractivity (Wildman–Crippen MR) is 95.5 cm³/mol. The van der Waals surface area contributed by atoms with Crippen LogP contribution in [0.3, 0.4) is 0 Å². The molecule has 4 nitrogen and oxygen atoms in total. The third-order valence-corrected chi connectivity index (χ3v) is 4.72. The van der Waals surface area contributed by atoms with Gasteiger partial charge < -0.3 is 10.6 Å². The fourth-order valence-corrected chi connectivity index (χ4v) is 3.05. The minimum atomic E-state index is -4.64. The molecule has 1 aromatic carbocycles. The largest absolute Gasteiger partial charge is 0.417 e. The Bertz CT molecular complexity index is 792. The van der Waals surface area contributed by atoms with Crippen molar-refractivity contribution in [2.75, 3.05) is 5.32 Å². The lowest BCUT2D eigenvalue weighted by Crippen LogP contribution is -2.47. The Hall–Kier alpha value is -2.06. The fourth-order valence-electron chi connectivity index (χ4n) is 2.20. The summed E-state index contributed by atoms with van der Waals surface area (Å²) < 4.78 is 38.8. The number of thiophene rings is 1. The van der Waals surface area contributed by atoms with Gasteiger partial charge in [-0.1, -0.05) is 31.5 Å². The van der Waals surface area contributed by atoms with Crippen molar-refractivity contribution in [1.82, 2.24) is 5.32 Å². The van der Waals surface area contributed by atoms with E-state index >= 15 is 0 Å². The van der Waals surface area contributed by atoms with Gasteiger partial charge in [-0.15, -0.1) is 11.3 Å². The van der Waals surface area contributed by atoms with E-state index in [0.717, 1.165) is 12.1 Å². The van der Waals surface area contributed by atoms with E-state index in [1.807, 2.05) is 0 Å². The highest BCUT2D eigenvalue weighted by atomic mass is 35.5. The van der Waals surface area contributed by atoms with Gasteiger partial charge in [0.15, 0.2) is 0 Å². The summed E-state index contributed by atoms with van der Waals surface area (Å²) in [7, 11) is 0. The number of hydrogen-bond donors (Lipinski definition) is 2. The lowest BCUT2D eigenvalue weighted by molar-refractivity contribution is -0.137. The van der Waals surface area contributed by atoms with E-state index in [-0.39, 0.29) is 11.6 Å². The van der Waals surface area contributed by atoms with Crippen molar-refractivity contribution in [3.8, 4) is 0 Å². The Morgan fingerprint density at radius 2 is 1.88 bits per heavy atom. The number of amides is 2. The zero-order valence-corrected chi connectivity index (χ0v) is 15.4. The van der Waals surface area contributed by atoms with Crippen molar-refractivity contribution in [1.29, 1.82) is 0 Å². The summed E-state index contributed by atoms with van der Waals surface area (Å²) in [5.74, 6) is -1.30. The van der Waals surface area contributed by atoms with Crippen LogP contribution in [0.2, 0.25) is 5.02 Å². The van der Waals surface area contributed by atoms with Crippen LogP contribution in [0.4, 0.5) is 18.9 Å². The van der Waals surface area contributed by atoms with Gasteiger partial charge in [0.2, 0.25) is 5.91 Å². The number of hydrogen-bond acceptors (Lipinski definition) is 3. The number of halogens is 4. The van der Waals surface area contributed by atoms with Gasteiger partial charge >= 0.3 is 6.18 Å². The molecule has 0 aliphatic heterocycles. The van der Waals surface area contributed by atoms with Crippen LogP contribution in [0.15, 0.2) is 35.7 Å². The van der Waals surface area contributed by atoms with Crippen LogP contribution in [0.5, 0.6) is 0 Å². The Morgan fingerprint density at radius 3 is 2.42 bits per heavy atom. The Labute approximate surface area is 157 Å². The summed E-state index contributed by atoms with van der Waals surface area (Å²) in [6.07, 6.45) is -4.64. The van der Waals surface area contributed by atoms with Crippen LogP contribution in [-0.2, 0) is 11.0 Å². The van der Waals surface area contributed by atoms with E-state index in [1.165, 1.54) is 17.4 Å². The minimum absolute atomic E-state index is 0.0530. The second-order valence-electron chi connectivity index (χ2n) is 5.85. The van der Waals surface area contributed by atoms with Crippen LogP contribution in [0.1, 0.15) is 29.1 Å². The highest BCUT2D eigenvalue weighted by Gasteiger charge is 2.34.